The molecule has 1 aromatic rings. The monoisotopic (exact) mass is 457 g/mol. The molecule has 0 amide bonds. The average molecular weight is 458 g/mol. The molecule has 1 rings (SSSR count). The average Bonchev–Trinajstić information content (AvgIpc) is 3.03. The molecule has 1 N–H and O–H groups in total. The molecule has 0 radical (unpaired) electrons. The topological polar surface area (TPSA) is 69.1 Å². The number of alkyl halides is 2. The van der Waals surface area contributed by atoms with Crippen molar-refractivity contribution in [2.75, 3.05) is 20.7 Å². The molecule has 0 bridgehead atoms. The third kappa shape index (κ3) is 8.53. The summed E-state index contributed by atoms with van der Waals surface area (Å²) in [5.41, 5.74) is 1.93. The minimum absolute atomic E-state index is 0.0216. The molecule has 1 heterocycles. The lowest BCUT2D eigenvalue weighted by Gasteiger charge is -2.07. The Kier molecular flexibility index (Phi) is 11.8. The van der Waals surface area contributed by atoms with Gasteiger partial charge < -0.3 is 14.6 Å². The van der Waals surface area contributed by atoms with E-state index in [2.05, 4.69) is 27.5 Å². The highest BCUT2D eigenvalue weighted by molar-refractivity contribution is 9.11. The van der Waals surface area contributed by atoms with Crippen LogP contribution in [-0.2, 0) is 11.2 Å². The van der Waals surface area contributed by atoms with Crippen LogP contribution in [0.25, 0.3) is 0 Å². The summed E-state index contributed by atoms with van der Waals surface area (Å²) in [4.78, 5) is 17.0. The van der Waals surface area contributed by atoms with E-state index < -0.39 is 18.8 Å². The first-order valence-electron chi connectivity index (χ1n) is 8.63. The number of allylic oxidation sites excluding steroid dienone is 3. The van der Waals surface area contributed by atoms with Gasteiger partial charge in [0.15, 0.2) is 0 Å². The SMILES string of the molecule is C=C(OCC(F)F)/C(Br)=C\Cc1[nH]c(C(=O)/C(C#N)=C/N(C)C)cc1C.CC. The molecule has 8 heteroatoms. The molecule has 0 spiro atoms. The molecule has 0 unspecified atom stereocenters. The normalized spacial score (nSPS) is 11.4. The Morgan fingerprint density at radius 1 is 1.46 bits per heavy atom. The Morgan fingerprint density at radius 3 is 2.57 bits per heavy atom. The third-order valence-corrected chi connectivity index (χ3v) is 4.02. The minimum atomic E-state index is -2.57. The van der Waals surface area contributed by atoms with E-state index in [1.807, 2.05) is 26.8 Å². The maximum absolute atomic E-state index is 12.4. The van der Waals surface area contributed by atoms with E-state index in [0.717, 1.165) is 11.3 Å². The number of carbonyl (C=O) groups is 1. The molecular weight excluding hydrogens is 432 g/mol. The number of hydrogen-bond donors (Lipinski definition) is 1. The number of hydrogen-bond acceptors (Lipinski definition) is 4. The van der Waals surface area contributed by atoms with E-state index in [-0.39, 0.29) is 11.3 Å². The molecule has 0 fully saturated rings. The Hall–Kier alpha value is -2.40. The minimum Gasteiger partial charge on any atom is -0.487 e. The Bertz CT molecular complexity index is 775. The summed E-state index contributed by atoms with van der Waals surface area (Å²) in [7, 11) is 3.45. The number of rotatable bonds is 9. The van der Waals surface area contributed by atoms with Crippen LogP contribution in [0.5, 0.6) is 0 Å². The van der Waals surface area contributed by atoms with Crippen LogP contribution in [0.4, 0.5) is 8.78 Å². The molecule has 5 nitrogen and oxygen atoms in total. The van der Waals surface area contributed by atoms with Gasteiger partial charge in [0.25, 0.3) is 6.43 Å². The van der Waals surface area contributed by atoms with Gasteiger partial charge >= 0.3 is 0 Å². The quantitative estimate of drug-likeness (QED) is 0.183. The van der Waals surface area contributed by atoms with Crippen LogP contribution >= 0.6 is 15.9 Å². The van der Waals surface area contributed by atoms with Crippen molar-refractivity contribution in [1.82, 2.24) is 9.88 Å². The van der Waals surface area contributed by atoms with Crippen LogP contribution in [0.2, 0.25) is 0 Å². The van der Waals surface area contributed by atoms with Crippen molar-refractivity contribution in [3.05, 3.63) is 57.7 Å². The number of aromatic amines is 1. The van der Waals surface area contributed by atoms with Gasteiger partial charge in [-0.1, -0.05) is 26.5 Å². The van der Waals surface area contributed by atoms with Crippen molar-refractivity contribution >= 4 is 21.7 Å². The van der Waals surface area contributed by atoms with E-state index >= 15 is 0 Å². The number of nitriles is 1. The predicted molar refractivity (Wildman–Crippen MR) is 110 cm³/mol. The number of ketones is 1. The molecule has 0 atom stereocenters. The lowest BCUT2D eigenvalue weighted by atomic mass is 10.1. The number of ether oxygens (including phenoxy) is 1. The second-order valence-corrected chi connectivity index (χ2v) is 6.53. The van der Waals surface area contributed by atoms with E-state index in [4.69, 9.17) is 10.00 Å². The molecule has 0 saturated carbocycles. The first kappa shape index (κ1) is 25.6. The van der Waals surface area contributed by atoms with Crippen molar-refractivity contribution in [2.24, 2.45) is 0 Å². The highest BCUT2D eigenvalue weighted by atomic mass is 79.9. The van der Waals surface area contributed by atoms with Crippen molar-refractivity contribution < 1.29 is 18.3 Å². The number of carbonyl (C=O) groups excluding carboxylic acids is 1. The van der Waals surface area contributed by atoms with Gasteiger partial charge in [-0.2, -0.15) is 5.26 Å². The molecule has 0 aliphatic heterocycles. The van der Waals surface area contributed by atoms with Crippen molar-refractivity contribution in [1.29, 1.82) is 5.26 Å². The predicted octanol–water partition coefficient (Wildman–Crippen LogP) is 5.12. The summed E-state index contributed by atoms with van der Waals surface area (Å²) in [6, 6.07) is 3.56. The number of Topliss-reactive ketones (excluding diaryl/α,β-unsaturated/α-hetero) is 1. The summed E-state index contributed by atoms with van der Waals surface area (Å²) in [6.07, 6.45) is 0.979. The standard InChI is InChI=1S/C18H20BrF2N3O2.C2H6/c1-11-7-16(18(25)13(8-22)9-24(3)4)23-15(11)6-5-14(19)12(2)26-10-17(20)21;1-2/h5,7,9,17,23H,2,6,10H2,1,3-4H3;1-2H3/b13-9+,14-5+;. The van der Waals surface area contributed by atoms with Crippen LogP contribution in [0.1, 0.15) is 35.6 Å². The van der Waals surface area contributed by atoms with Crippen LogP contribution in [0.15, 0.2) is 40.7 Å². The zero-order valence-electron chi connectivity index (χ0n) is 16.8. The summed E-state index contributed by atoms with van der Waals surface area (Å²) >= 11 is 3.23. The first-order chi connectivity index (χ1) is 13.1. The number of halogens is 3. The van der Waals surface area contributed by atoms with Gasteiger partial charge in [0.2, 0.25) is 5.78 Å². The molecule has 0 saturated heterocycles. The van der Waals surface area contributed by atoms with Gasteiger partial charge in [-0.05, 0) is 34.5 Å². The number of aryl methyl sites for hydroxylation is 1. The van der Waals surface area contributed by atoms with Crippen molar-refractivity contribution in [2.45, 2.75) is 33.6 Å². The maximum Gasteiger partial charge on any atom is 0.272 e. The molecule has 0 aliphatic rings. The molecular formula is C20H26BrF2N3O2. The zero-order chi connectivity index (χ0) is 21.9. The summed E-state index contributed by atoms with van der Waals surface area (Å²) in [5, 5.41) is 9.14. The number of H-pyrrole nitrogens is 1. The highest BCUT2D eigenvalue weighted by Crippen LogP contribution is 2.20. The van der Waals surface area contributed by atoms with Gasteiger partial charge in [0.05, 0.1) is 10.2 Å². The van der Waals surface area contributed by atoms with E-state index in [0.29, 0.717) is 16.6 Å². The molecule has 0 aliphatic carbocycles. The smallest absolute Gasteiger partial charge is 0.272 e. The molecule has 1 aromatic heterocycles. The van der Waals surface area contributed by atoms with Gasteiger partial charge in [0.1, 0.15) is 24.0 Å². The fourth-order valence-electron chi connectivity index (χ4n) is 2.01. The van der Waals surface area contributed by atoms with Gasteiger partial charge in [-0.25, -0.2) is 8.78 Å². The summed E-state index contributed by atoms with van der Waals surface area (Å²) in [6.45, 7) is 8.68. The van der Waals surface area contributed by atoms with E-state index in [1.165, 1.54) is 6.20 Å². The fraction of sp³-hybridized carbons (Fsp3) is 0.400. The largest absolute Gasteiger partial charge is 0.487 e. The Labute approximate surface area is 173 Å². The Morgan fingerprint density at radius 2 is 2.07 bits per heavy atom. The fourth-order valence-corrected chi connectivity index (χ4v) is 2.29. The number of aromatic nitrogens is 1. The van der Waals surface area contributed by atoms with Gasteiger partial charge in [-0.3, -0.25) is 4.79 Å². The second-order valence-electron chi connectivity index (χ2n) is 5.67. The molecule has 154 valence electrons. The van der Waals surface area contributed by atoms with Crippen LogP contribution in [0, 0.1) is 18.3 Å². The lowest BCUT2D eigenvalue weighted by molar-refractivity contribution is 0.0526. The third-order valence-electron chi connectivity index (χ3n) is 3.25. The molecule has 0 aromatic carbocycles. The van der Waals surface area contributed by atoms with Crippen LogP contribution < -0.4 is 0 Å². The Balaban J connectivity index is 0.00000352. The first-order valence-corrected chi connectivity index (χ1v) is 9.42. The summed E-state index contributed by atoms with van der Waals surface area (Å²) in [5.74, 6) is -0.297. The van der Waals surface area contributed by atoms with Gasteiger partial charge in [0, 0.05) is 32.4 Å². The van der Waals surface area contributed by atoms with E-state index in [9.17, 15) is 13.6 Å². The van der Waals surface area contributed by atoms with E-state index in [1.54, 1.807) is 31.1 Å². The molecule has 28 heavy (non-hydrogen) atoms. The highest BCUT2D eigenvalue weighted by Gasteiger charge is 2.16. The van der Waals surface area contributed by atoms with Crippen LogP contribution in [0.3, 0.4) is 0 Å². The van der Waals surface area contributed by atoms with Crippen molar-refractivity contribution in [3.8, 4) is 6.07 Å². The lowest BCUT2D eigenvalue weighted by Crippen LogP contribution is -2.09. The van der Waals surface area contributed by atoms with Crippen molar-refractivity contribution in [3.63, 3.8) is 0 Å². The van der Waals surface area contributed by atoms with Gasteiger partial charge in [-0.15, -0.1) is 0 Å². The second kappa shape index (κ2) is 12.9. The number of nitrogens with zero attached hydrogens (tertiary/aromatic N) is 2. The zero-order valence-corrected chi connectivity index (χ0v) is 18.4. The summed E-state index contributed by atoms with van der Waals surface area (Å²) < 4.78 is 29.6. The number of nitrogens with one attached hydrogen (secondary N) is 1. The van der Waals surface area contributed by atoms with Crippen LogP contribution in [-0.4, -0.2) is 42.8 Å². The maximum atomic E-state index is 12.4.